The largest absolute Gasteiger partial charge is 0.362 e. The van der Waals surface area contributed by atoms with Crippen molar-refractivity contribution in [1.82, 2.24) is 4.98 Å². The molecule has 2 atom stereocenters. The van der Waals surface area contributed by atoms with E-state index in [0.717, 1.165) is 24.0 Å². The Bertz CT molecular complexity index is 260. The van der Waals surface area contributed by atoms with Crippen LogP contribution in [0.15, 0.2) is 11.7 Å². The highest BCUT2D eigenvalue weighted by Crippen LogP contribution is 2.33. The lowest BCUT2D eigenvalue weighted by atomic mass is 10.2. The summed E-state index contributed by atoms with van der Waals surface area (Å²) < 4.78 is 5.46. The van der Waals surface area contributed by atoms with E-state index in [2.05, 4.69) is 4.98 Å². The maximum absolute atomic E-state index is 10.4. The van der Waals surface area contributed by atoms with Crippen molar-refractivity contribution in [3.8, 4) is 0 Å². The van der Waals surface area contributed by atoms with Gasteiger partial charge in [-0.15, -0.1) is 11.3 Å². The molecule has 3 nitrogen and oxygen atoms in total. The number of carbonyl (C=O) groups is 1. The van der Waals surface area contributed by atoms with E-state index in [1.807, 2.05) is 6.20 Å². The van der Waals surface area contributed by atoms with Crippen molar-refractivity contribution in [2.45, 2.75) is 25.0 Å². The molecule has 1 aliphatic heterocycles. The van der Waals surface area contributed by atoms with Crippen LogP contribution in [0.5, 0.6) is 0 Å². The molecule has 0 saturated carbocycles. The average Bonchev–Trinajstić information content (AvgIpc) is 2.75. The minimum atomic E-state index is -0.197. The maximum atomic E-state index is 10.4. The molecule has 2 heterocycles. The van der Waals surface area contributed by atoms with Gasteiger partial charge >= 0.3 is 0 Å². The van der Waals surface area contributed by atoms with Gasteiger partial charge in [-0.3, -0.25) is 4.98 Å². The van der Waals surface area contributed by atoms with Crippen LogP contribution < -0.4 is 0 Å². The first kappa shape index (κ1) is 7.89. The van der Waals surface area contributed by atoms with Crippen molar-refractivity contribution >= 4 is 17.6 Å². The molecule has 0 N–H and O–H groups in total. The van der Waals surface area contributed by atoms with Crippen LogP contribution in [0.4, 0.5) is 0 Å². The summed E-state index contributed by atoms with van der Waals surface area (Å²) in [5.74, 6) is 0. The first-order valence-corrected chi connectivity index (χ1v) is 4.77. The van der Waals surface area contributed by atoms with Crippen LogP contribution in [0.1, 0.15) is 23.8 Å². The molecule has 1 saturated heterocycles. The number of aldehydes is 1. The minimum Gasteiger partial charge on any atom is -0.362 e. The van der Waals surface area contributed by atoms with Crippen LogP contribution in [0.2, 0.25) is 0 Å². The monoisotopic (exact) mass is 183 g/mol. The van der Waals surface area contributed by atoms with E-state index < -0.39 is 0 Å². The molecule has 0 spiro atoms. The molecule has 1 fully saturated rings. The molecule has 1 aromatic heterocycles. The summed E-state index contributed by atoms with van der Waals surface area (Å²) in [6.45, 7) is 0. The van der Waals surface area contributed by atoms with E-state index in [0.29, 0.717) is 0 Å². The number of thiazole rings is 1. The smallest absolute Gasteiger partial charge is 0.148 e. The summed E-state index contributed by atoms with van der Waals surface area (Å²) in [6.07, 6.45) is 4.37. The Hall–Kier alpha value is -0.740. The topological polar surface area (TPSA) is 39.2 Å². The highest BCUT2D eigenvalue weighted by atomic mass is 32.1. The molecule has 0 bridgehead atoms. The number of rotatable bonds is 2. The molecule has 2 unspecified atom stereocenters. The van der Waals surface area contributed by atoms with Gasteiger partial charge in [-0.05, 0) is 12.8 Å². The Morgan fingerprint density at radius 2 is 2.58 bits per heavy atom. The predicted octanol–water partition coefficient (Wildman–Crippen LogP) is 1.56. The summed E-state index contributed by atoms with van der Waals surface area (Å²) in [7, 11) is 0. The number of hydrogen-bond acceptors (Lipinski definition) is 4. The Morgan fingerprint density at radius 1 is 1.67 bits per heavy atom. The third-order valence-corrected chi connectivity index (χ3v) is 2.84. The van der Waals surface area contributed by atoms with Crippen LogP contribution in [0.3, 0.4) is 0 Å². The zero-order chi connectivity index (χ0) is 8.39. The number of ether oxygens (including phenoxy) is 1. The van der Waals surface area contributed by atoms with Gasteiger partial charge < -0.3 is 9.53 Å². The third-order valence-electron chi connectivity index (χ3n) is 1.97. The highest BCUT2D eigenvalue weighted by molar-refractivity contribution is 7.09. The Kier molecular flexibility index (Phi) is 2.19. The number of aromatic nitrogens is 1. The van der Waals surface area contributed by atoms with Gasteiger partial charge in [0.25, 0.3) is 0 Å². The van der Waals surface area contributed by atoms with Crippen molar-refractivity contribution in [1.29, 1.82) is 0 Å². The zero-order valence-electron chi connectivity index (χ0n) is 6.47. The Morgan fingerprint density at radius 3 is 3.17 bits per heavy atom. The van der Waals surface area contributed by atoms with Crippen LogP contribution in [-0.2, 0) is 9.53 Å². The molecule has 2 rings (SSSR count). The van der Waals surface area contributed by atoms with Gasteiger partial charge in [0, 0.05) is 6.20 Å². The van der Waals surface area contributed by atoms with Gasteiger partial charge in [-0.25, -0.2) is 0 Å². The summed E-state index contributed by atoms with van der Waals surface area (Å²) >= 11 is 1.58. The molecule has 64 valence electrons. The van der Waals surface area contributed by atoms with Crippen molar-refractivity contribution in [3.05, 3.63) is 16.6 Å². The van der Waals surface area contributed by atoms with Crippen LogP contribution >= 0.6 is 11.3 Å². The highest BCUT2D eigenvalue weighted by Gasteiger charge is 2.26. The van der Waals surface area contributed by atoms with E-state index in [4.69, 9.17) is 4.74 Å². The fourth-order valence-electron chi connectivity index (χ4n) is 1.36. The second-order valence-corrected chi connectivity index (χ2v) is 3.70. The fraction of sp³-hybridized carbons (Fsp3) is 0.500. The van der Waals surface area contributed by atoms with Gasteiger partial charge in [-0.2, -0.15) is 0 Å². The molecule has 0 aromatic carbocycles. The van der Waals surface area contributed by atoms with Gasteiger partial charge in [0.15, 0.2) is 0 Å². The Labute approximate surface area is 74.4 Å². The summed E-state index contributed by atoms with van der Waals surface area (Å²) in [5.41, 5.74) is 1.78. The van der Waals surface area contributed by atoms with Crippen molar-refractivity contribution < 1.29 is 9.53 Å². The molecule has 1 aliphatic rings. The van der Waals surface area contributed by atoms with Gasteiger partial charge in [-0.1, -0.05) is 0 Å². The number of hydrogen-bond donors (Lipinski definition) is 0. The molecule has 0 radical (unpaired) electrons. The molecular formula is C8H9NO2S. The molecule has 12 heavy (non-hydrogen) atoms. The molecule has 0 amide bonds. The Balaban J connectivity index is 2.04. The van der Waals surface area contributed by atoms with Gasteiger partial charge in [0.05, 0.1) is 16.5 Å². The lowest BCUT2D eigenvalue weighted by molar-refractivity contribution is -0.117. The normalized spacial score (nSPS) is 29.0. The number of carbonyl (C=O) groups excluding carboxylic acids is 1. The van der Waals surface area contributed by atoms with E-state index in [1.54, 1.807) is 16.8 Å². The van der Waals surface area contributed by atoms with E-state index in [-0.39, 0.29) is 12.2 Å². The maximum Gasteiger partial charge on any atom is 0.148 e. The fourth-order valence-corrected chi connectivity index (χ4v) is 2.05. The summed E-state index contributed by atoms with van der Waals surface area (Å²) in [4.78, 5) is 15.5. The quantitative estimate of drug-likeness (QED) is 0.653. The first-order valence-electron chi connectivity index (χ1n) is 3.89. The van der Waals surface area contributed by atoms with E-state index in [1.165, 1.54) is 0 Å². The molecule has 4 heteroatoms. The van der Waals surface area contributed by atoms with Crippen LogP contribution in [-0.4, -0.2) is 17.4 Å². The van der Waals surface area contributed by atoms with E-state index in [9.17, 15) is 4.79 Å². The van der Waals surface area contributed by atoms with Crippen LogP contribution in [0.25, 0.3) is 0 Å². The first-order chi connectivity index (χ1) is 5.90. The van der Waals surface area contributed by atoms with E-state index >= 15 is 0 Å². The van der Waals surface area contributed by atoms with Crippen molar-refractivity contribution in [2.24, 2.45) is 0 Å². The minimum absolute atomic E-state index is 0.104. The second kappa shape index (κ2) is 3.33. The SMILES string of the molecule is O=CC1CCC(c2cncs2)O1. The lowest BCUT2D eigenvalue weighted by Crippen LogP contribution is -2.06. The lowest BCUT2D eigenvalue weighted by Gasteiger charge is -2.06. The van der Waals surface area contributed by atoms with Crippen molar-refractivity contribution in [3.63, 3.8) is 0 Å². The van der Waals surface area contributed by atoms with Gasteiger partial charge in [0.2, 0.25) is 0 Å². The molecule has 1 aromatic rings. The third kappa shape index (κ3) is 1.40. The molecular weight excluding hydrogens is 174 g/mol. The van der Waals surface area contributed by atoms with Crippen LogP contribution in [0, 0.1) is 0 Å². The predicted molar refractivity (Wildman–Crippen MR) is 45.0 cm³/mol. The summed E-state index contributed by atoms with van der Waals surface area (Å²) in [6, 6.07) is 0. The zero-order valence-corrected chi connectivity index (χ0v) is 7.29. The standard InChI is InChI=1S/C8H9NO2S/c10-4-6-1-2-7(11-6)8-3-9-5-12-8/h3-7H,1-2H2. The second-order valence-electron chi connectivity index (χ2n) is 2.78. The van der Waals surface area contributed by atoms with Gasteiger partial charge in [0.1, 0.15) is 12.4 Å². The molecule has 0 aliphatic carbocycles. The van der Waals surface area contributed by atoms with Crippen molar-refractivity contribution in [2.75, 3.05) is 0 Å². The number of nitrogens with zero attached hydrogens (tertiary/aromatic N) is 1. The summed E-state index contributed by atoms with van der Waals surface area (Å²) in [5, 5.41) is 0. The average molecular weight is 183 g/mol.